The molecular formula is C29H30F2N8O4. The van der Waals surface area contributed by atoms with E-state index in [-0.39, 0.29) is 17.8 Å². The van der Waals surface area contributed by atoms with Gasteiger partial charge in [0.2, 0.25) is 0 Å². The highest BCUT2D eigenvalue weighted by molar-refractivity contribution is 6.00. The van der Waals surface area contributed by atoms with Crippen molar-refractivity contribution in [1.82, 2.24) is 24.6 Å². The molecule has 14 heteroatoms. The zero-order valence-electron chi connectivity index (χ0n) is 23.4. The van der Waals surface area contributed by atoms with Crippen LogP contribution in [0.2, 0.25) is 0 Å². The Labute approximate surface area is 245 Å². The van der Waals surface area contributed by atoms with Crippen LogP contribution in [-0.4, -0.2) is 83.3 Å². The number of hydrogen-bond donors (Lipinski definition) is 2. The lowest BCUT2D eigenvalue weighted by Gasteiger charge is -2.31. The second-order valence-electron chi connectivity index (χ2n) is 10.3. The van der Waals surface area contributed by atoms with E-state index in [0.717, 1.165) is 28.9 Å². The Morgan fingerprint density at radius 1 is 0.977 bits per heavy atom. The molecule has 0 radical (unpaired) electrons. The van der Waals surface area contributed by atoms with Crippen molar-refractivity contribution in [2.45, 2.75) is 18.9 Å². The van der Waals surface area contributed by atoms with E-state index >= 15 is 0 Å². The number of methoxy groups -OCH3 is 1. The fourth-order valence-corrected chi connectivity index (χ4v) is 5.32. The van der Waals surface area contributed by atoms with Crippen LogP contribution in [0.4, 0.5) is 35.6 Å². The van der Waals surface area contributed by atoms with Gasteiger partial charge < -0.3 is 29.9 Å². The third-order valence-electron chi connectivity index (χ3n) is 7.57. The lowest BCUT2D eigenvalue weighted by Crippen LogP contribution is -2.39. The highest BCUT2D eigenvalue weighted by Gasteiger charge is 2.28. The summed E-state index contributed by atoms with van der Waals surface area (Å²) in [6.45, 7) is 3.66. The van der Waals surface area contributed by atoms with Gasteiger partial charge in [0, 0.05) is 43.5 Å². The Kier molecular flexibility index (Phi) is 8.01. The number of morpholine rings is 1. The molecule has 2 aromatic carbocycles. The lowest BCUT2D eigenvalue weighted by atomic mass is 10.1. The van der Waals surface area contributed by atoms with Crippen molar-refractivity contribution in [1.29, 1.82) is 0 Å². The molecule has 0 unspecified atom stereocenters. The Morgan fingerprint density at radius 3 is 2.42 bits per heavy atom. The van der Waals surface area contributed by atoms with E-state index < -0.39 is 17.7 Å². The number of piperidine rings is 1. The minimum absolute atomic E-state index is 0.0507. The van der Waals surface area contributed by atoms with E-state index in [1.165, 1.54) is 7.11 Å². The van der Waals surface area contributed by atoms with Crippen LogP contribution in [0.25, 0.3) is 22.4 Å². The van der Waals surface area contributed by atoms with Gasteiger partial charge in [-0.05, 0) is 49.2 Å². The van der Waals surface area contributed by atoms with E-state index in [1.807, 2.05) is 4.68 Å². The number of hydrogen-bond acceptors (Lipinski definition) is 8. The van der Waals surface area contributed by atoms with Gasteiger partial charge in [0.25, 0.3) is 0 Å². The number of anilines is 3. The maximum atomic E-state index is 13.9. The van der Waals surface area contributed by atoms with Gasteiger partial charge in [-0.25, -0.2) is 33.0 Å². The molecule has 12 nitrogen and oxygen atoms in total. The molecule has 0 bridgehead atoms. The van der Waals surface area contributed by atoms with Crippen LogP contribution in [-0.2, 0) is 9.47 Å². The van der Waals surface area contributed by atoms with Gasteiger partial charge in [-0.2, -0.15) is 5.10 Å². The van der Waals surface area contributed by atoms with E-state index in [9.17, 15) is 18.4 Å². The van der Waals surface area contributed by atoms with Crippen LogP contribution in [0.3, 0.4) is 0 Å². The van der Waals surface area contributed by atoms with Crippen LogP contribution in [0.5, 0.6) is 0 Å². The third-order valence-corrected chi connectivity index (χ3v) is 7.57. The average Bonchev–Trinajstić information content (AvgIpc) is 3.46. The van der Waals surface area contributed by atoms with E-state index in [2.05, 4.69) is 15.5 Å². The molecule has 2 fully saturated rings. The molecule has 3 amide bonds. The minimum Gasteiger partial charge on any atom is -0.453 e. The SMILES string of the molecule is COC(=O)N1CCC(n2ncc3c(N4CCOCC4)nc(-c4ccc(NC(=O)Nc5ccc(F)cc5F)cc4)nc32)CC1. The molecule has 2 aliphatic heterocycles. The number of carbonyl (C=O) groups excluding carboxylic acids is 2. The normalized spacial score (nSPS) is 15.9. The summed E-state index contributed by atoms with van der Waals surface area (Å²) in [5.41, 5.74) is 1.74. The fraction of sp³-hybridized carbons (Fsp3) is 0.345. The summed E-state index contributed by atoms with van der Waals surface area (Å²) in [7, 11) is 1.38. The molecule has 2 N–H and O–H groups in total. The molecule has 0 spiro atoms. The summed E-state index contributed by atoms with van der Waals surface area (Å²) in [6, 6.07) is 9.25. The van der Waals surface area contributed by atoms with Crippen LogP contribution in [0, 0.1) is 11.6 Å². The molecule has 2 aromatic heterocycles. The summed E-state index contributed by atoms with van der Waals surface area (Å²) in [5.74, 6) is -0.345. The number of nitrogens with one attached hydrogen (secondary N) is 2. The Morgan fingerprint density at radius 2 is 1.72 bits per heavy atom. The summed E-state index contributed by atoms with van der Waals surface area (Å²) < 4.78 is 39.4. The number of carbonyl (C=O) groups is 2. The number of ether oxygens (including phenoxy) is 2. The Hall–Kier alpha value is -4.85. The first-order chi connectivity index (χ1) is 20.9. The molecule has 4 aromatic rings. The highest BCUT2D eigenvalue weighted by Crippen LogP contribution is 2.32. The predicted octanol–water partition coefficient (Wildman–Crippen LogP) is 4.66. The van der Waals surface area contributed by atoms with Gasteiger partial charge in [-0.3, -0.25) is 0 Å². The summed E-state index contributed by atoms with van der Waals surface area (Å²) in [5, 5.41) is 10.6. The van der Waals surface area contributed by atoms with Gasteiger partial charge in [0.05, 0.1) is 43.6 Å². The number of halogens is 2. The van der Waals surface area contributed by atoms with Crippen molar-refractivity contribution in [2.24, 2.45) is 0 Å². The zero-order chi connectivity index (χ0) is 29.9. The molecule has 2 saturated heterocycles. The second-order valence-corrected chi connectivity index (χ2v) is 10.3. The molecule has 0 atom stereocenters. The summed E-state index contributed by atoms with van der Waals surface area (Å²) in [4.78, 5) is 38.1. The maximum Gasteiger partial charge on any atom is 0.409 e. The summed E-state index contributed by atoms with van der Waals surface area (Å²) >= 11 is 0. The van der Waals surface area contributed by atoms with Gasteiger partial charge >= 0.3 is 12.1 Å². The number of urea groups is 1. The second kappa shape index (κ2) is 12.2. The molecular weight excluding hydrogens is 562 g/mol. The smallest absolute Gasteiger partial charge is 0.409 e. The average molecular weight is 593 g/mol. The first-order valence-electron chi connectivity index (χ1n) is 13.9. The molecule has 0 saturated carbocycles. The van der Waals surface area contributed by atoms with Crippen molar-refractivity contribution >= 4 is 40.4 Å². The molecule has 0 aliphatic carbocycles. The Bertz CT molecular complexity index is 1630. The van der Waals surface area contributed by atoms with Crippen LogP contribution < -0.4 is 15.5 Å². The van der Waals surface area contributed by atoms with Gasteiger partial charge in [0.1, 0.15) is 17.5 Å². The molecule has 6 rings (SSSR count). The van der Waals surface area contributed by atoms with Crippen molar-refractivity contribution in [3.8, 4) is 11.4 Å². The third kappa shape index (κ3) is 6.04. The first kappa shape index (κ1) is 28.3. The van der Waals surface area contributed by atoms with Gasteiger partial charge in [-0.1, -0.05) is 0 Å². The maximum absolute atomic E-state index is 13.9. The van der Waals surface area contributed by atoms with Crippen molar-refractivity contribution < 1.29 is 27.8 Å². The predicted molar refractivity (Wildman–Crippen MR) is 155 cm³/mol. The molecule has 43 heavy (non-hydrogen) atoms. The number of fused-ring (bicyclic) bond motifs is 1. The zero-order valence-corrected chi connectivity index (χ0v) is 23.4. The molecule has 4 heterocycles. The minimum atomic E-state index is -0.873. The standard InChI is InChI=1S/C29H30F2N8O4/c1-42-29(41)38-10-8-21(9-11-38)39-27-22(17-32-39)26(37-12-14-43-15-13-37)35-25(36-27)18-2-5-20(6-3-18)33-28(40)34-24-7-4-19(30)16-23(24)31/h2-7,16-17,21H,8-15H2,1H3,(H2,33,34,40). The quantitative estimate of drug-likeness (QED) is 0.343. The highest BCUT2D eigenvalue weighted by atomic mass is 19.1. The van der Waals surface area contributed by atoms with Crippen LogP contribution in [0.1, 0.15) is 18.9 Å². The first-order valence-corrected chi connectivity index (χ1v) is 13.9. The van der Waals surface area contributed by atoms with E-state index in [1.54, 1.807) is 35.4 Å². The lowest BCUT2D eigenvalue weighted by molar-refractivity contribution is 0.106. The van der Waals surface area contributed by atoms with Crippen molar-refractivity contribution in [2.75, 3.05) is 62.0 Å². The molecule has 224 valence electrons. The number of benzene rings is 2. The fourth-order valence-electron chi connectivity index (χ4n) is 5.32. The number of amides is 3. The topological polar surface area (TPSA) is 127 Å². The van der Waals surface area contributed by atoms with Gasteiger partial charge in [0.15, 0.2) is 11.5 Å². The van der Waals surface area contributed by atoms with E-state index in [4.69, 9.17) is 24.5 Å². The number of likely N-dealkylation sites (tertiary alicyclic amines) is 1. The van der Waals surface area contributed by atoms with Gasteiger partial charge in [-0.15, -0.1) is 0 Å². The van der Waals surface area contributed by atoms with Crippen molar-refractivity contribution in [3.05, 3.63) is 60.3 Å². The largest absolute Gasteiger partial charge is 0.453 e. The number of nitrogens with zero attached hydrogens (tertiary/aromatic N) is 6. The van der Waals surface area contributed by atoms with Crippen LogP contribution in [0.15, 0.2) is 48.7 Å². The number of aromatic nitrogens is 4. The van der Waals surface area contributed by atoms with Crippen LogP contribution >= 0.6 is 0 Å². The number of rotatable bonds is 5. The summed E-state index contributed by atoms with van der Waals surface area (Å²) in [6.07, 6.45) is 2.89. The Balaban J connectivity index is 1.26. The van der Waals surface area contributed by atoms with Crippen molar-refractivity contribution in [3.63, 3.8) is 0 Å². The molecule has 2 aliphatic rings. The monoisotopic (exact) mass is 592 g/mol. The van der Waals surface area contributed by atoms with E-state index in [0.29, 0.717) is 75.5 Å².